The van der Waals surface area contributed by atoms with E-state index in [2.05, 4.69) is 10.6 Å². The highest BCUT2D eigenvalue weighted by Crippen LogP contribution is 2.24. The topological polar surface area (TPSA) is 127 Å². The third kappa shape index (κ3) is 3.72. The van der Waals surface area contributed by atoms with Crippen LogP contribution >= 0.6 is 0 Å². The van der Waals surface area contributed by atoms with Crippen molar-refractivity contribution < 1.29 is 14.6 Å². The van der Waals surface area contributed by atoms with Gasteiger partial charge in [-0.2, -0.15) is 0 Å². The van der Waals surface area contributed by atoms with Crippen molar-refractivity contribution in [1.29, 1.82) is 0 Å². The molecule has 9 heteroatoms. The van der Waals surface area contributed by atoms with Crippen LogP contribution in [0.4, 0.5) is 11.4 Å². The molecule has 0 aliphatic heterocycles. The Bertz CT molecular complexity index is 546. The molecule has 0 aliphatic rings. The van der Waals surface area contributed by atoms with Crippen molar-refractivity contribution in [2.75, 3.05) is 7.05 Å². The fourth-order valence-corrected chi connectivity index (χ4v) is 1.56. The Labute approximate surface area is 114 Å². The maximum atomic E-state index is 11.3. The van der Waals surface area contributed by atoms with E-state index < -0.39 is 15.9 Å². The summed E-state index contributed by atoms with van der Waals surface area (Å²) in [6.45, 7) is 1.67. The van der Waals surface area contributed by atoms with E-state index in [9.17, 15) is 25.0 Å². The quantitative estimate of drug-likeness (QED) is 0.584. The number of non-ortho nitro benzene ring substituents is 1. The van der Waals surface area contributed by atoms with Crippen molar-refractivity contribution in [2.45, 2.75) is 19.5 Å². The summed E-state index contributed by atoms with van der Waals surface area (Å²) in [6, 6.07) is 2.87. The van der Waals surface area contributed by atoms with Crippen LogP contribution in [0, 0.1) is 20.2 Å². The second kappa shape index (κ2) is 6.57. The smallest absolute Gasteiger partial charge is 0.280 e. The molecule has 0 aliphatic carbocycles. The number of nitro benzene ring substituents is 2. The molecule has 1 rings (SSSR count). The Hall–Kier alpha value is -2.55. The first-order valence-electron chi connectivity index (χ1n) is 5.73. The van der Waals surface area contributed by atoms with Crippen molar-refractivity contribution in [3.63, 3.8) is 0 Å². The average molecular weight is 282 g/mol. The monoisotopic (exact) mass is 282 g/mol. The zero-order chi connectivity index (χ0) is 15.3. The van der Waals surface area contributed by atoms with Crippen LogP contribution in [0.15, 0.2) is 18.2 Å². The molecule has 1 aromatic carbocycles. The van der Waals surface area contributed by atoms with Crippen molar-refractivity contribution >= 4 is 17.3 Å². The highest BCUT2D eigenvalue weighted by molar-refractivity contribution is 5.80. The summed E-state index contributed by atoms with van der Waals surface area (Å²) in [5.74, 6) is -0.255. The van der Waals surface area contributed by atoms with E-state index in [1.54, 1.807) is 6.92 Å². The first-order valence-corrected chi connectivity index (χ1v) is 5.73. The minimum absolute atomic E-state index is 0.0584. The number of carbonyl (C=O) groups is 1. The maximum absolute atomic E-state index is 11.3. The molecule has 0 aromatic heterocycles. The number of likely N-dealkylation sites (N-methyl/N-ethyl adjacent to an activating group) is 1. The molecule has 1 atom stereocenters. The van der Waals surface area contributed by atoms with Gasteiger partial charge in [0.2, 0.25) is 5.91 Å². The molecule has 0 bridgehead atoms. The van der Waals surface area contributed by atoms with Crippen LogP contribution in [0.5, 0.6) is 0 Å². The van der Waals surface area contributed by atoms with E-state index in [1.165, 1.54) is 19.2 Å². The lowest BCUT2D eigenvalue weighted by Gasteiger charge is -2.12. The van der Waals surface area contributed by atoms with Crippen LogP contribution in [0.1, 0.15) is 12.5 Å². The van der Waals surface area contributed by atoms with Crippen LogP contribution < -0.4 is 10.6 Å². The van der Waals surface area contributed by atoms with Crippen LogP contribution in [0.2, 0.25) is 0 Å². The van der Waals surface area contributed by atoms with Gasteiger partial charge < -0.3 is 10.6 Å². The Balaban J connectivity index is 2.92. The van der Waals surface area contributed by atoms with Gasteiger partial charge in [0, 0.05) is 25.2 Å². The zero-order valence-electron chi connectivity index (χ0n) is 11.0. The molecule has 0 saturated heterocycles. The Morgan fingerprint density at radius 2 is 1.95 bits per heavy atom. The molecule has 0 saturated carbocycles. The minimum Gasteiger partial charge on any atom is -0.358 e. The van der Waals surface area contributed by atoms with Crippen LogP contribution in [-0.2, 0) is 11.3 Å². The summed E-state index contributed by atoms with van der Waals surface area (Å²) in [5, 5.41) is 26.7. The van der Waals surface area contributed by atoms with Gasteiger partial charge in [0.15, 0.2) is 0 Å². The lowest BCUT2D eigenvalue weighted by molar-refractivity contribution is -0.394. The summed E-state index contributed by atoms with van der Waals surface area (Å²) in [6.07, 6.45) is 0. The molecule has 0 radical (unpaired) electrons. The Morgan fingerprint density at radius 1 is 1.30 bits per heavy atom. The third-order valence-electron chi connectivity index (χ3n) is 2.71. The van der Waals surface area contributed by atoms with E-state index in [-0.39, 0.29) is 29.4 Å². The second-order valence-corrected chi connectivity index (χ2v) is 4.04. The number of amides is 1. The van der Waals surface area contributed by atoms with Gasteiger partial charge in [-0.1, -0.05) is 0 Å². The number of nitro groups is 2. The summed E-state index contributed by atoms with van der Waals surface area (Å²) in [7, 11) is 1.48. The van der Waals surface area contributed by atoms with E-state index in [1.807, 2.05) is 0 Å². The predicted molar refractivity (Wildman–Crippen MR) is 70.1 cm³/mol. The lowest BCUT2D eigenvalue weighted by atomic mass is 10.1. The molecule has 1 aromatic rings. The van der Waals surface area contributed by atoms with E-state index in [0.29, 0.717) is 0 Å². The zero-order valence-corrected chi connectivity index (χ0v) is 11.0. The first-order chi connectivity index (χ1) is 9.36. The highest BCUT2D eigenvalue weighted by atomic mass is 16.6. The molecule has 1 amide bonds. The van der Waals surface area contributed by atoms with Crippen LogP contribution in [-0.4, -0.2) is 28.8 Å². The molecule has 0 fully saturated rings. The predicted octanol–water partition coefficient (Wildman–Crippen LogP) is 0.727. The molecule has 0 heterocycles. The van der Waals surface area contributed by atoms with Crippen molar-refractivity contribution in [2.24, 2.45) is 0 Å². The molecule has 108 valence electrons. The van der Waals surface area contributed by atoms with Gasteiger partial charge in [0.1, 0.15) is 0 Å². The van der Waals surface area contributed by atoms with Crippen LogP contribution in [0.25, 0.3) is 0 Å². The molecule has 20 heavy (non-hydrogen) atoms. The summed E-state index contributed by atoms with van der Waals surface area (Å²) >= 11 is 0. The number of hydrogen-bond acceptors (Lipinski definition) is 6. The fourth-order valence-electron chi connectivity index (χ4n) is 1.56. The highest BCUT2D eigenvalue weighted by Gasteiger charge is 2.20. The molecular weight excluding hydrogens is 268 g/mol. The normalized spacial score (nSPS) is 11.7. The van der Waals surface area contributed by atoms with E-state index in [4.69, 9.17) is 0 Å². The van der Waals surface area contributed by atoms with Crippen molar-refractivity contribution in [3.8, 4) is 0 Å². The number of benzene rings is 1. The number of carbonyl (C=O) groups excluding carboxylic acids is 1. The third-order valence-corrected chi connectivity index (χ3v) is 2.71. The van der Waals surface area contributed by atoms with Gasteiger partial charge in [-0.15, -0.1) is 0 Å². The fraction of sp³-hybridized carbons (Fsp3) is 0.364. The first kappa shape index (κ1) is 15.5. The lowest BCUT2D eigenvalue weighted by Crippen LogP contribution is -2.40. The van der Waals surface area contributed by atoms with Gasteiger partial charge >= 0.3 is 0 Å². The average Bonchev–Trinajstić information content (AvgIpc) is 2.43. The Morgan fingerprint density at radius 3 is 2.45 bits per heavy atom. The largest absolute Gasteiger partial charge is 0.358 e. The number of nitrogens with one attached hydrogen (secondary N) is 2. The van der Waals surface area contributed by atoms with Crippen molar-refractivity contribution in [3.05, 3.63) is 44.0 Å². The second-order valence-electron chi connectivity index (χ2n) is 4.04. The molecule has 2 N–H and O–H groups in total. The number of hydrogen-bond donors (Lipinski definition) is 2. The van der Waals surface area contributed by atoms with Gasteiger partial charge in [-0.05, 0) is 13.0 Å². The standard InChI is InChI=1S/C11H14N4O5/c1-7(11(16)12-2)13-6-8-3-4-9(14(17)18)5-10(8)15(19)20/h3-5,7,13H,6H2,1-2H3,(H,12,16). The summed E-state index contributed by atoms with van der Waals surface area (Å²) < 4.78 is 0. The summed E-state index contributed by atoms with van der Waals surface area (Å²) in [5.41, 5.74) is -0.424. The molecular formula is C11H14N4O5. The summed E-state index contributed by atoms with van der Waals surface area (Å²) in [4.78, 5) is 31.4. The van der Waals surface area contributed by atoms with Gasteiger partial charge in [-0.3, -0.25) is 25.0 Å². The minimum atomic E-state index is -0.697. The van der Waals surface area contributed by atoms with Gasteiger partial charge in [0.05, 0.1) is 22.0 Å². The van der Waals surface area contributed by atoms with Crippen molar-refractivity contribution in [1.82, 2.24) is 10.6 Å². The SMILES string of the molecule is CNC(=O)C(C)NCc1ccc([N+](=O)[O-])cc1[N+](=O)[O-]. The molecule has 1 unspecified atom stereocenters. The molecule has 0 spiro atoms. The number of rotatable bonds is 6. The maximum Gasteiger partial charge on any atom is 0.280 e. The Kier molecular flexibility index (Phi) is 5.09. The van der Waals surface area contributed by atoms with E-state index >= 15 is 0 Å². The molecule has 9 nitrogen and oxygen atoms in total. The van der Waals surface area contributed by atoms with E-state index in [0.717, 1.165) is 6.07 Å². The number of nitrogens with zero attached hydrogens (tertiary/aromatic N) is 2. The van der Waals surface area contributed by atoms with Gasteiger partial charge in [0.25, 0.3) is 11.4 Å². The van der Waals surface area contributed by atoms with Gasteiger partial charge in [-0.25, -0.2) is 0 Å². The van der Waals surface area contributed by atoms with Crippen LogP contribution in [0.3, 0.4) is 0 Å².